The third-order valence-corrected chi connectivity index (χ3v) is 7.59. The Morgan fingerprint density at radius 3 is 2.21 bits per heavy atom. The van der Waals surface area contributed by atoms with Crippen molar-refractivity contribution in [3.8, 4) is 0 Å². The minimum Gasteiger partial charge on any atom is -0.382 e. The van der Waals surface area contributed by atoms with Crippen LogP contribution in [0.1, 0.15) is 31.0 Å². The van der Waals surface area contributed by atoms with Crippen molar-refractivity contribution in [3.63, 3.8) is 0 Å². The van der Waals surface area contributed by atoms with E-state index in [4.69, 9.17) is 11.6 Å². The second-order valence-corrected chi connectivity index (χ2v) is 9.15. The van der Waals surface area contributed by atoms with Crippen molar-refractivity contribution < 1.29 is 13.5 Å². The SMILES string of the molecule is CCN(CC)S(=O)(=O)N1C(c2ccc(Cl)cc2)C(O)(c2ccccc2)CN1C. The molecule has 2 atom stereocenters. The Morgan fingerprint density at radius 2 is 1.68 bits per heavy atom. The van der Waals surface area contributed by atoms with Gasteiger partial charge in [-0.05, 0) is 23.3 Å². The van der Waals surface area contributed by atoms with Crippen LogP contribution in [0.25, 0.3) is 0 Å². The molecule has 0 saturated carbocycles. The maximum Gasteiger partial charge on any atom is 0.295 e. The number of aliphatic hydroxyl groups is 1. The number of rotatable bonds is 6. The van der Waals surface area contributed by atoms with Crippen LogP contribution in [0.3, 0.4) is 0 Å². The molecule has 1 aliphatic rings. The lowest BCUT2D eigenvalue weighted by Crippen LogP contribution is -2.49. The van der Waals surface area contributed by atoms with E-state index in [0.29, 0.717) is 29.2 Å². The van der Waals surface area contributed by atoms with E-state index in [1.165, 1.54) is 8.72 Å². The second-order valence-electron chi connectivity index (χ2n) is 6.92. The Balaban J connectivity index is 2.20. The van der Waals surface area contributed by atoms with E-state index in [-0.39, 0.29) is 6.54 Å². The average Bonchev–Trinajstić information content (AvgIpc) is 2.96. The van der Waals surface area contributed by atoms with Crippen LogP contribution in [0.2, 0.25) is 5.02 Å². The summed E-state index contributed by atoms with van der Waals surface area (Å²) in [6, 6.07) is 15.3. The summed E-state index contributed by atoms with van der Waals surface area (Å²) in [5, 5.41) is 13.9. The van der Waals surface area contributed by atoms with E-state index >= 15 is 0 Å². The predicted molar refractivity (Wildman–Crippen MR) is 111 cm³/mol. The van der Waals surface area contributed by atoms with Crippen molar-refractivity contribution in [1.82, 2.24) is 13.7 Å². The van der Waals surface area contributed by atoms with Crippen LogP contribution in [0, 0.1) is 0 Å². The zero-order valence-corrected chi connectivity index (χ0v) is 17.9. The van der Waals surface area contributed by atoms with E-state index in [1.807, 2.05) is 30.3 Å². The highest BCUT2D eigenvalue weighted by molar-refractivity contribution is 7.86. The van der Waals surface area contributed by atoms with Gasteiger partial charge in [-0.15, -0.1) is 4.41 Å². The summed E-state index contributed by atoms with van der Waals surface area (Å²) in [5.74, 6) is 0. The van der Waals surface area contributed by atoms with Crippen molar-refractivity contribution in [2.24, 2.45) is 0 Å². The van der Waals surface area contributed by atoms with Gasteiger partial charge in [0.05, 0.1) is 0 Å². The lowest BCUT2D eigenvalue weighted by Gasteiger charge is -2.36. The lowest BCUT2D eigenvalue weighted by molar-refractivity contribution is 0.0209. The molecule has 0 amide bonds. The Bertz CT molecular complexity index is 904. The molecule has 2 aromatic carbocycles. The van der Waals surface area contributed by atoms with E-state index < -0.39 is 21.9 Å². The molecule has 1 heterocycles. The van der Waals surface area contributed by atoms with Crippen molar-refractivity contribution >= 4 is 21.8 Å². The van der Waals surface area contributed by atoms with Gasteiger partial charge in [0.1, 0.15) is 11.6 Å². The lowest BCUT2D eigenvalue weighted by atomic mass is 9.84. The standard InChI is InChI=1S/C20H26ClN3O3S/c1-4-23(5-2)28(26,27)24-19(16-11-13-18(21)14-12-16)20(25,15-22(24)3)17-9-7-6-8-10-17/h6-14,19,25H,4-5,15H2,1-3H3. The number of nitrogens with zero attached hydrogens (tertiary/aromatic N) is 3. The van der Waals surface area contributed by atoms with E-state index in [0.717, 1.165) is 0 Å². The zero-order chi connectivity index (χ0) is 20.5. The van der Waals surface area contributed by atoms with Gasteiger partial charge in [0.25, 0.3) is 10.2 Å². The molecule has 1 saturated heterocycles. The first-order chi connectivity index (χ1) is 13.3. The third-order valence-electron chi connectivity index (χ3n) is 5.21. The Morgan fingerprint density at radius 1 is 1.11 bits per heavy atom. The number of halogens is 1. The second kappa shape index (κ2) is 8.10. The summed E-state index contributed by atoms with van der Waals surface area (Å²) < 4.78 is 29.6. The molecule has 0 bridgehead atoms. The first-order valence-electron chi connectivity index (χ1n) is 9.29. The van der Waals surface area contributed by atoms with Crippen molar-refractivity contribution in [2.45, 2.75) is 25.5 Å². The Kier molecular flexibility index (Phi) is 6.14. The normalized spacial score (nSPS) is 24.1. The van der Waals surface area contributed by atoms with E-state index in [9.17, 15) is 13.5 Å². The Hall–Kier alpha value is -1.48. The van der Waals surface area contributed by atoms with Crippen LogP contribution in [0.4, 0.5) is 0 Å². The molecule has 1 fully saturated rings. The molecule has 1 aliphatic heterocycles. The first-order valence-corrected chi connectivity index (χ1v) is 11.1. The number of hydrogen-bond acceptors (Lipinski definition) is 4. The molecule has 0 aliphatic carbocycles. The fourth-order valence-corrected chi connectivity index (χ4v) is 5.87. The van der Waals surface area contributed by atoms with Crippen LogP contribution in [0.15, 0.2) is 54.6 Å². The predicted octanol–water partition coefficient (Wildman–Crippen LogP) is 3.02. The number of likely N-dealkylation sites (N-methyl/N-ethyl adjacent to an activating group) is 1. The molecule has 2 aromatic rings. The van der Waals surface area contributed by atoms with Crippen molar-refractivity contribution in [3.05, 3.63) is 70.7 Å². The number of hydrogen-bond donors (Lipinski definition) is 1. The van der Waals surface area contributed by atoms with Gasteiger partial charge in [-0.25, -0.2) is 5.01 Å². The summed E-state index contributed by atoms with van der Waals surface area (Å²) in [4.78, 5) is 0. The molecule has 6 nitrogen and oxygen atoms in total. The molecule has 1 N–H and O–H groups in total. The fraction of sp³-hybridized carbons (Fsp3) is 0.400. The fourth-order valence-electron chi connectivity index (χ4n) is 3.89. The van der Waals surface area contributed by atoms with Gasteiger partial charge >= 0.3 is 0 Å². The van der Waals surface area contributed by atoms with Gasteiger partial charge in [0, 0.05) is 31.7 Å². The first kappa shape index (κ1) is 21.2. The summed E-state index contributed by atoms with van der Waals surface area (Å²) in [6.07, 6.45) is 0. The summed E-state index contributed by atoms with van der Waals surface area (Å²) >= 11 is 6.04. The zero-order valence-electron chi connectivity index (χ0n) is 16.3. The average molecular weight is 424 g/mol. The van der Waals surface area contributed by atoms with Gasteiger partial charge in [0.15, 0.2) is 0 Å². The molecule has 8 heteroatoms. The minimum absolute atomic E-state index is 0.144. The number of β-amino-alcohol motifs (C(OH)–C–C–N with tert-alkyl or cyclic N) is 1. The van der Waals surface area contributed by atoms with Crippen LogP contribution in [-0.2, 0) is 15.8 Å². The van der Waals surface area contributed by atoms with Gasteiger partial charge < -0.3 is 5.11 Å². The molecule has 0 spiro atoms. The van der Waals surface area contributed by atoms with Crippen LogP contribution in [-0.4, -0.2) is 53.9 Å². The van der Waals surface area contributed by atoms with Crippen LogP contribution in [0.5, 0.6) is 0 Å². The smallest absolute Gasteiger partial charge is 0.295 e. The maximum atomic E-state index is 13.4. The molecule has 152 valence electrons. The van der Waals surface area contributed by atoms with Crippen LogP contribution < -0.4 is 0 Å². The molecule has 0 radical (unpaired) electrons. The molecular formula is C20H26ClN3O3S. The minimum atomic E-state index is -3.84. The molecule has 2 unspecified atom stereocenters. The maximum absolute atomic E-state index is 13.4. The van der Waals surface area contributed by atoms with Gasteiger partial charge in [-0.1, -0.05) is 67.9 Å². The number of benzene rings is 2. The van der Waals surface area contributed by atoms with E-state index in [2.05, 4.69) is 0 Å². The number of hydrazine groups is 1. The molecule has 3 rings (SSSR count). The van der Waals surface area contributed by atoms with E-state index in [1.54, 1.807) is 50.2 Å². The topological polar surface area (TPSA) is 64.1 Å². The summed E-state index contributed by atoms with van der Waals surface area (Å²) in [5.41, 5.74) is -0.0702. The highest BCUT2D eigenvalue weighted by Crippen LogP contribution is 2.47. The van der Waals surface area contributed by atoms with Crippen LogP contribution >= 0.6 is 11.6 Å². The monoisotopic (exact) mass is 423 g/mol. The summed E-state index contributed by atoms with van der Waals surface area (Å²) in [6.45, 7) is 4.45. The third kappa shape index (κ3) is 3.58. The highest BCUT2D eigenvalue weighted by Gasteiger charge is 2.56. The van der Waals surface area contributed by atoms with Gasteiger partial charge in [0.2, 0.25) is 0 Å². The van der Waals surface area contributed by atoms with Crippen molar-refractivity contribution in [1.29, 1.82) is 0 Å². The van der Waals surface area contributed by atoms with Crippen molar-refractivity contribution in [2.75, 3.05) is 26.7 Å². The van der Waals surface area contributed by atoms with Gasteiger partial charge in [-0.3, -0.25) is 0 Å². The largest absolute Gasteiger partial charge is 0.382 e. The summed E-state index contributed by atoms with van der Waals surface area (Å²) in [7, 11) is -2.15. The highest BCUT2D eigenvalue weighted by atomic mass is 35.5. The Labute approximate surface area is 172 Å². The molecule has 0 aromatic heterocycles. The molecular weight excluding hydrogens is 398 g/mol. The van der Waals surface area contributed by atoms with Gasteiger partial charge in [-0.2, -0.15) is 12.7 Å². The quantitative estimate of drug-likeness (QED) is 0.775. The molecule has 28 heavy (non-hydrogen) atoms.